The smallest absolute Gasteiger partial charge is 0.148 e. The summed E-state index contributed by atoms with van der Waals surface area (Å²) >= 11 is 0. The Morgan fingerprint density at radius 2 is 1.82 bits per heavy atom. The van der Waals surface area contributed by atoms with Gasteiger partial charge in [-0.05, 0) is 12.3 Å². The van der Waals surface area contributed by atoms with Crippen LogP contribution in [0.3, 0.4) is 0 Å². The van der Waals surface area contributed by atoms with Gasteiger partial charge in [0, 0.05) is 12.6 Å². The minimum atomic E-state index is 0.0767. The highest BCUT2D eigenvalue weighted by atomic mass is 16.1. The van der Waals surface area contributed by atoms with Gasteiger partial charge < -0.3 is 10.6 Å². The van der Waals surface area contributed by atoms with E-state index in [0.29, 0.717) is 5.82 Å². The van der Waals surface area contributed by atoms with E-state index in [0.717, 1.165) is 12.4 Å². The van der Waals surface area contributed by atoms with Crippen LogP contribution in [-0.2, 0) is 4.79 Å². The van der Waals surface area contributed by atoms with Gasteiger partial charge in [0.25, 0.3) is 0 Å². The average Bonchev–Trinajstić information content (AvgIpc) is 2.23. The van der Waals surface area contributed by atoms with Crippen molar-refractivity contribution in [2.75, 3.05) is 23.7 Å². The van der Waals surface area contributed by atoms with Crippen molar-refractivity contribution in [2.24, 2.45) is 5.41 Å². The van der Waals surface area contributed by atoms with Crippen molar-refractivity contribution in [1.82, 2.24) is 9.97 Å². The maximum absolute atomic E-state index is 10.8. The van der Waals surface area contributed by atoms with Gasteiger partial charge in [-0.1, -0.05) is 20.8 Å². The Morgan fingerprint density at radius 1 is 1.24 bits per heavy atom. The molecule has 1 aromatic rings. The number of aromatic nitrogens is 2. The summed E-state index contributed by atoms with van der Waals surface area (Å²) < 4.78 is 0. The number of carbonyl (C=O) groups excluding carboxylic acids is 1. The largest absolute Gasteiger partial charge is 0.369 e. The topological polar surface area (TPSA) is 66.9 Å². The lowest BCUT2D eigenvalue weighted by Gasteiger charge is -2.19. The Morgan fingerprint density at radius 3 is 2.35 bits per heavy atom. The van der Waals surface area contributed by atoms with Crippen molar-refractivity contribution in [3.05, 3.63) is 12.4 Å². The summed E-state index contributed by atoms with van der Waals surface area (Å²) in [7, 11) is 0. The quantitative estimate of drug-likeness (QED) is 0.817. The predicted octanol–water partition coefficient (Wildman–Crippen LogP) is 1.94. The summed E-state index contributed by atoms with van der Waals surface area (Å²) in [5.74, 6) is 1.50. The average molecular weight is 236 g/mol. The number of Topliss-reactive ketones (excluding diaryl/α,β-unsaturated/α-hetero) is 1. The Hall–Kier alpha value is -1.65. The van der Waals surface area contributed by atoms with E-state index in [2.05, 4.69) is 41.4 Å². The zero-order valence-corrected chi connectivity index (χ0v) is 10.9. The van der Waals surface area contributed by atoms with Gasteiger partial charge in [0.1, 0.15) is 23.7 Å². The highest BCUT2D eigenvalue weighted by Gasteiger charge is 2.10. The number of nitrogens with zero attached hydrogens (tertiary/aromatic N) is 2. The molecule has 2 N–H and O–H groups in total. The van der Waals surface area contributed by atoms with E-state index in [1.807, 2.05) is 0 Å². The number of hydrogen-bond acceptors (Lipinski definition) is 5. The summed E-state index contributed by atoms with van der Waals surface area (Å²) in [4.78, 5) is 19.0. The molecule has 1 heterocycles. The molecule has 5 heteroatoms. The molecule has 0 saturated heterocycles. The van der Waals surface area contributed by atoms with E-state index in [4.69, 9.17) is 0 Å². The normalized spacial score (nSPS) is 11.1. The maximum atomic E-state index is 10.8. The maximum Gasteiger partial charge on any atom is 0.148 e. The van der Waals surface area contributed by atoms with Crippen molar-refractivity contribution in [3.8, 4) is 0 Å². The molecule has 0 aliphatic heterocycles. The fourth-order valence-electron chi connectivity index (χ4n) is 1.12. The minimum Gasteiger partial charge on any atom is -0.369 e. The standard InChI is InChI=1S/C12H20N4O/c1-9(17)6-13-10-5-11(16-8-15-10)14-7-12(2,3)4/h5,8H,6-7H2,1-4H3,(H2,13,14,15,16). The molecule has 0 bridgehead atoms. The third kappa shape index (κ3) is 5.85. The Bertz CT molecular complexity index is 384. The van der Waals surface area contributed by atoms with Crippen LogP contribution in [-0.4, -0.2) is 28.8 Å². The van der Waals surface area contributed by atoms with E-state index in [9.17, 15) is 4.79 Å². The first-order valence-electron chi connectivity index (χ1n) is 5.66. The van der Waals surface area contributed by atoms with E-state index in [-0.39, 0.29) is 17.7 Å². The van der Waals surface area contributed by atoms with Gasteiger partial charge in [0.2, 0.25) is 0 Å². The lowest BCUT2D eigenvalue weighted by atomic mass is 9.97. The number of ketones is 1. The lowest BCUT2D eigenvalue weighted by Crippen LogP contribution is -2.20. The lowest BCUT2D eigenvalue weighted by molar-refractivity contribution is -0.115. The zero-order chi connectivity index (χ0) is 12.9. The summed E-state index contributed by atoms with van der Waals surface area (Å²) in [5.41, 5.74) is 0.192. The number of nitrogens with one attached hydrogen (secondary N) is 2. The molecule has 0 radical (unpaired) electrons. The molecule has 0 atom stereocenters. The van der Waals surface area contributed by atoms with Crippen LogP contribution >= 0.6 is 0 Å². The summed E-state index contributed by atoms with van der Waals surface area (Å²) in [6.45, 7) is 9.10. The van der Waals surface area contributed by atoms with Crippen LogP contribution in [0.2, 0.25) is 0 Å². The molecule has 1 rings (SSSR count). The molecule has 0 amide bonds. The van der Waals surface area contributed by atoms with Gasteiger partial charge in [-0.15, -0.1) is 0 Å². The second kappa shape index (κ2) is 5.61. The fourth-order valence-corrected chi connectivity index (χ4v) is 1.12. The minimum absolute atomic E-state index is 0.0767. The number of rotatable bonds is 5. The van der Waals surface area contributed by atoms with Gasteiger partial charge in [0.05, 0.1) is 6.54 Å². The monoisotopic (exact) mass is 236 g/mol. The van der Waals surface area contributed by atoms with Crippen molar-refractivity contribution in [2.45, 2.75) is 27.7 Å². The van der Waals surface area contributed by atoms with Crippen LogP contribution < -0.4 is 10.6 Å². The molecule has 0 fully saturated rings. The van der Waals surface area contributed by atoms with Gasteiger partial charge >= 0.3 is 0 Å². The van der Waals surface area contributed by atoms with Crippen LogP contribution in [0.1, 0.15) is 27.7 Å². The van der Waals surface area contributed by atoms with Crippen LogP contribution in [0, 0.1) is 5.41 Å². The van der Waals surface area contributed by atoms with Crippen LogP contribution in [0.15, 0.2) is 12.4 Å². The van der Waals surface area contributed by atoms with E-state index in [1.54, 1.807) is 6.07 Å². The molecule has 5 nitrogen and oxygen atoms in total. The first kappa shape index (κ1) is 13.4. The first-order chi connectivity index (χ1) is 7.87. The predicted molar refractivity (Wildman–Crippen MR) is 69.1 cm³/mol. The van der Waals surface area contributed by atoms with Gasteiger partial charge in [-0.3, -0.25) is 4.79 Å². The van der Waals surface area contributed by atoms with E-state index < -0.39 is 0 Å². The molecule has 17 heavy (non-hydrogen) atoms. The molecule has 0 aliphatic carbocycles. The molecular formula is C12H20N4O. The molecular weight excluding hydrogens is 216 g/mol. The van der Waals surface area contributed by atoms with Crippen molar-refractivity contribution in [1.29, 1.82) is 0 Å². The molecule has 1 aromatic heterocycles. The highest BCUT2D eigenvalue weighted by Crippen LogP contribution is 2.15. The number of hydrogen-bond donors (Lipinski definition) is 2. The molecule has 0 unspecified atom stereocenters. The molecule has 0 aromatic carbocycles. The molecule has 0 saturated carbocycles. The van der Waals surface area contributed by atoms with Gasteiger partial charge in [-0.2, -0.15) is 0 Å². The van der Waals surface area contributed by atoms with Crippen molar-refractivity contribution >= 4 is 17.4 Å². The summed E-state index contributed by atoms with van der Waals surface area (Å²) in [5, 5.41) is 6.18. The molecule has 0 spiro atoms. The van der Waals surface area contributed by atoms with E-state index in [1.165, 1.54) is 13.3 Å². The zero-order valence-electron chi connectivity index (χ0n) is 10.9. The van der Waals surface area contributed by atoms with Gasteiger partial charge in [0.15, 0.2) is 0 Å². The first-order valence-corrected chi connectivity index (χ1v) is 5.66. The van der Waals surface area contributed by atoms with Crippen LogP contribution in [0.5, 0.6) is 0 Å². The SMILES string of the molecule is CC(=O)CNc1cc(NCC(C)(C)C)ncn1. The second-order valence-corrected chi connectivity index (χ2v) is 5.26. The van der Waals surface area contributed by atoms with Crippen molar-refractivity contribution < 1.29 is 4.79 Å². The van der Waals surface area contributed by atoms with Crippen molar-refractivity contribution in [3.63, 3.8) is 0 Å². The summed E-state index contributed by atoms with van der Waals surface area (Å²) in [6, 6.07) is 1.80. The summed E-state index contributed by atoms with van der Waals surface area (Å²) in [6.07, 6.45) is 1.48. The number of anilines is 2. The van der Waals surface area contributed by atoms with Crippen LogP contribution in [0.4, 0.5) is 11.6 Å². The third-order valence-electron chi connectivity index (χ3n) is 1.99. The Labute approximate surface area is 102 Å². The fraction of sp³-hybridized carbons (Fsp3) is 0.583. The van der Waals surface area contributed by atoms with Gasteiger partial charge in [-0.25, -0.2) is 9.97 Å². The highest BCUT2D eigenvalue weighted by molar-refractivity contribution is 5.80. The number of carbonyl (C=O) groups is 1. The van der Waals surface area contributed by atoms with Crippen LogP contribution in [0.25, 0.3) is 0 Å². The van der Waals surface area contributed by atoms with E-state index >= 15 is 0 Å². The second-order valence-electron chi connectivity index (χ2n) is 5.26. The Balaban J connectivity index is 2.56. The molecule has 0 aliphatic rings. The Kier molecular flexibility index (Phi) is 4.43. The third-order valence-corrected chi connectivity index (χ3v) is 1.99. The molecule has 94 valence electrons.